The molecule has 0 aliphatic heterocycles. The number of amides is 1. The molecule has 3 N–H and O–H groups in total. The van der Waals surface area contributed by atoms with E-state index in [-0.39, 0.29) is 11.5 Å². The van der Waals surface area contributed by atoms with Crippen LogP contribution < -0.4 is 5.32 Å². The molecule has 1 saturated carbocycles. The monoisotopic (exact) mass is 265 g/mol. The van der Waals surface area contributed by atoms with E-state index < -0.39 is 17.5 Å². The van der Waals surface area contributed by atoms with Gasteiger partial charge in [-0.25, -0.2) is 4.98 Å². The second kappa shape index (κ2) is 5.86. The Morgan fingerprint density at radius 3 is 2.63 bits per heavy atom. The minimum Gasteiger partial charge on any atom is -0.501 e. The lowest BCUT2D eigenvalue weighted by molar-refractivity contribution is 0.0934. The van der Waals surface area contributed by atoms with E-state index >= 15 is 0 Å². The summed E-state index contributed by atoms with van der Waals surface area (Å²) < 4.78 is 0. The molecule has 104 valence electrons. The van der Waals surface area contributed by atoms with Crippen LogP contribution in [-0.4, -0.2) is 32.6 Å². The first kappa shape index (κ1) is 13.6. The van der Waals surface area contributed by atoms with E-state index in [9.17, 15) is 15.0 Å². The van der Waals surface area contributed by atoms with Gasteiger partial charge in [0.15, 0.2) is 5.69 Å². The quantitative estimate of drug-likeness (QED) is 0.770. The number of carbonyl (C=O) groups excluding carboxylic acids is 1. The Bertz CT molecular complexity index is 470. The fraction of sp³-hybridized carbons (Fsp3) is 0.615. The zero-order chi connectivity index (χ0) is 13.8. The third-order valence-corrected chi connectivity index (χ3v) is 3.47. The van der Waals surface area contributed by atoms with E-state index in [1.807, 2.05) is 0 Å². The second-order valence-corrected chi connectivity index (χ2v) is 5.01. The van der Waals surface area contributed by atoms with Crippen LogP contribution in [-0.2, 0) is 0 Å². The Hall–Kier alpha value is -1.85. The first-order valence-corrected chi connectivity index (χ1v) is 6.62. The lowest BCUT2D eigenvalue weighted by atomic mass is 9.89. The molecule has 1 aromatic rings. The first-order chi connectivity index (χ1) is 9.08. The molecule has 6 nitrogen and oxygen atoms in total. The molecule has 0 radical (unpaired) electrons. The van der Waals surface area contributed by atoms with Crippen molar-refractivity contribution in [2.75, 3.05) is 6.54 Å². The van der Waals surface area contributed by atoms with Crippen molar-refractivity contribution in [3.05, 3.63) is 11.5 Å². The van der Waals surface area contributed by atoms with Crippen LogP contribution >= 0.6 is 0 Å². The van der Waals surface area contributed by atoms with Gasteiger partial charge in [0.1, 0.15) is 5.82 Å². The molecule has 1 aliphatic carbocycles. The van der Waals surface area contributed by atoms with Crippen LogP contribution in [0.15, 0.2) is 0 Å². The van der Waals surface area contributed by atoms with Crippen LogP contribution in [0.4, 0.5) is 0 Å². The van der Waals surface area contributed by atoms with Crippen LogP contribution in [0.5, 0.6) is 11.6 Å². The summed E-state index contributed by atoms with van der Waals surface area (Å²) in [5.41, 5.74) is -0.166. The van der Waals surface area contributed by atoms with Gasteiger partial charge in [-0.05, 0) is 25.7 Å². The maximum absolute atomic E-state index is 11.9. The van der Waals surface area contributed by atoms with Gasteiger partial charge in [-0.1, -0.05) is 19.3 Å². The molecular weight excluding hydrogens is 246 g/mol. The lowest BCUT2D eigenvalue weighted by Gasteiger charge is -2.21. The van der Waals surface area contributed by atoms with Gasteiger partial charge in [0.05, 0.1) is 0 Å². The van der Waals surface area contributed by atoms with E-state index in [0.717, 1.165) is 12.8 Å². The van der Waals surface area contributed by atoms with Gasteiger partial charge >= 0.3 is 0 Å². The predicted octanol–water partition coefficient (Wildman–Crippen LogP) is 1.51. The maximum atomic E-state index is 11.9. The summed E-state index contributed by atoms with van der Waals surface area (Å²) in [5, 5.41) is 21.7. The largest absolute Gasteiger partial charge is 0.501 e. The van der Waals surface area contributed by atoms with Crippen molar-refractivity contribution in [2.45, 2.75) is 39.0 Å². The lowest BCUT2D eigenvalue weighted by Crippen LogP contribution is -2.31. The van der Waals surface area contributed by atoms with E-state index in [1.54, 1.807) is 6.92 Å². The highest BCUT2D eigenvalue weighted by Crippen LogP contribution is 2.26. The van der Waals surface area contributed by atoms with Gasteiger partial charge in [0, 0.05) is 6.54 Å². The Labute approximate surface area is 111 Å². The third kappa shape index (κ3) is 3.33. The number of nitrogens with zero attached hydrogens (tertiary/aromatic N) is 2. The summed E-state index contributed by atoms with van der Waals surface area (Å²) in [6.45, 7) is 2.14. The number of aromatic hydroxyl groups is 2. The average molecular weight is 265 g/mol. The molecule has 0 saturated heterocycles. The molecule has 0 bridgehead atoms. The fourth-order valence-corrected chi connectivity index (χ4v) is 2.42. The summed E-state index contributed by atoms with van der Waals surface area (Å²) in [5.74, 6) is -0.847. The van der Waals surface area contributed by atoms with E-state index in [4.69, 9.17) is 0 Å². The van der Waals surface area contributed by atoms with Gasteiger partial charge in [-0.15, -0.1) is 0 Å². The zero-order valence-corrected chi connectivity index (χ0v) is 11.0. The van der Waals surface area contributed by atoms with Crippen molar-refractivity contribution in [3.8, 4) is 11.6 Å². The Kier molecular flexibility index (Phi) is 4.19. The highest BCUT2D eigenvalue weighted by Gasteiger charge is 2.20. The van der Waals surface area contributed by atoms with Gasteiger partial charge in [-0.2, -0.15) is 4.98 Å². The van der Waals surface area contributed by atoms with Gasteiger partial charge in [-0.3, -0.25) is 4.79 Å². The highest BCUT2D eigenvalue weighted by atomic mass is 16.3. The van der Waals surface area contributed by atoms with E-state index in [1.165, 1.54) is 19.3 Å². The fourth-order valence-electron chi connectivity index (χ4n) is 2.42. The van der Waals surface area contributed by atoms with E-state index in [2.05, 4.69) is 15.3 Å². The highest BCUT2D eigenvalue weighted by molar-refractivity contribution is 5.95. The molecule has 2 rings (SSSR count). The second-order valence-electron chi connectivity index (χ2n) is 5.01. The number of nitrogens with one attached hydrogen (secondary N) is 1. The molecule has 0 atom stereocenters. The van der Waals surface area contributed by atoms with Crippen molar-refractivity contribution in [1.29, 1.82) is 0 Å². The number of carbonyl (C=O) groups is 1. The normalized spacial score (nSPS) is 16.3. The molecule has 1 amide bonds. The van der Waals surface area contributed by atoms with Crippen molar-refractivity contribution < 1.29 is 15.0 Å². The molecule has 6 heteroatoms. The third-order valence-electron chi connectivity index (χ3n) is 3.47. The summed E-state index contributed by atoms with van der Waals surface area (Å²) in [4.78, 5) is 19.4. The van der Waals surface area contributed by atoms with Gasteiger partial charge < -0.3 is 15.5 Å². The van der Waals surface area contributed by atoms with E-state index in [0.29, 0.717) is 12.5 Å². The molecule has 1 aliphatic rings. The number of hydrogen-bond acceptors (Lipinski definition) is 5. The molecule has 1 heterocycles. The zero-order valence-electron chi connectivity index (χ0n) is 11.0. The number of aromatic nitrogens is 2. The average Bonchev–Trinajstić information content (AvgIpc) is 2.41. The SMILES string of the molecule is Cc1nc(O)c(O)c(C(=O)NCC2CCCCC2)n1. The minimum atomic E-state index is -0.563. The molecule has 19 heavy (non-hydrogen) atoms. The molecule has 0 aromatic carbocycles. The first-order valence-electron chi connectivity index (χ1n) is 6.62. The number of rotatable bonds is 3. The summed E-state index contributed by atoms with van der Waals surface area (Å²) in [7, 11) is 0. The molecule has 1 fully saturated rings. The van der Waals surface area contributed by atoms with Gasteiger partial charge in [0.25, 0.3) is 11.8 Å². The minimum absolute atomic E-state index is 0.166. The van der Waals surface area contributed by atoms with Crippen LogP contribution in [0, 0.1) is 12.8 Å². The Balaban J connectivity index is 1.99. The molecule has 1 aromatic heterocycles. The molecule has 0 spiro atoms. The Morgan fingerprint density at radius 1 is 1.26 bits per heavy atom. The van der Waals surface area contributed by atoms with Crippen LogP contribution in [0.3, 0.4) is 0 Å². The topological polar surface area (TPSA) is 95.3 Å². The summed E-state index contributed by atoms with van der Waals surface area (Å²) in [6, 6.07) is 0. The number of hydrogen-bond donors (Lipinski definition) is 3. The van der Waals surface area contributed by atoms with Crippen LogP contribution in [0.25, 0.3) is 0 Å². The Morgan fingerprint density at radius 2 is 1.95 bits per heavy atom. The molecule has 0 unspecified atom stereocenters. The van der Waals surface area contributed by atoms with Crippen molar-refractivity contribution in [1.82, 2.24) is 15.3 Å². The smallest absolute Gasteiger partial charge is 0.274 e. The summed E-state index contributed by atoms with van der Waals surface area (Å²) in [6.07, 6.45) is 5.93. The standard InChI is InChI=1S/C13H19N3O3/c1-8-15-10(11(17)13(19)16-8)12(18)14-7-9-5-3-2-4-6-9/h9,17H,2-7H2,1H3,(H,14,18)(H,15,16,19). The predicted molar refractivity (Wildman–Crippen MR) is 69.0 cm³/mol. The maximum Gasteiger partial charge on any atom is 0.274 e. The van der Waals surface area contributed by atoms with Crippen molar-refractivity contribution in [3.63, 3.8) is 0 Å². The van der Waals surface area contributed by atoms with Crippen LogP contribution in [0.1, 0.15) is 48.4 Å². The summed E-state index contributed by atoms with van der Waals surface area (Å²) >= 11 is 0. The van der Waals surface area contributed by atoms with Gasteiger partial charge in [0.2, 0.25) is 5.75 Å². The van der Waals surface area contributed by atoms with Crippen molar-refractivity contribution >= 4 is 5.91 Å². The number of aryl methyl sites for hydroxylation is 1. The van der Waals surface area contributed by atoms with Crippen LogP contribution in [0.2, 0.25) is 0 Å². The van der Waals surface area contributed by atoms with Crippen molar-refractivity contribution in [2.24, 2.45) is 5.92 Å². The molecular formula is C13H19N3O3.